The van der Waals surface area contributed by atoms with Gasteiger partial charge in [-0.3, -0.25) is 9.69 Å². The number of aryl methyl sites for hydroxylation is 1. The van der Waals surface area contributed by atoms with Gasteiger partial charge in [0.15, 0.2) is 0 Å². The highest BCUT2D eigenvalue weighted by Gasteiger charge is 2.43. The third kappa shape index (κ3) is 5.40. The first-order valence-corrected chi connectivity index (χ1v) is 11.7. The maximum atomic E-state index is 12.8. The molecule has 31 heavy (non-hydrogen) atoms. The van der Waals surface area contributed by atoms with Crippen LogP contribution in [-0.2, 0) is 14.2 Å². The number of hydrogen-bond donors (Lipinski definition) is 1. The summed E-state index contributed by atoms with van der Waals surface area (Å²) in [5, 5.41) is 3.09. The van der Waals surface area contributed by atoms with E-state index in [1.165, 1.54) is 5.69 Å². The standard InChI is InChI=1S/C24H37N3O4/c1-18(2)27-10-13-30-17-24(16-27)7-6-21(31-24)15-25-23(28)20-4-5-22(19(3)14-20)26-8-11-29-12-9-26/h4-5,14,18,21H,6-13,15-17H2,1-3H3,(H,25,28)/t21-,24-/m0/s1. The van der Waals surface area contributed by atoms with Crippen molar-refractivity contribution in [2.45, 2.75) is 51.4 Å². The first kappa shape index (κ1) is 22.5. The first-order chi connectivity index (χ1) is 15.0. The maximum absolute atomic E-state index is 12.8. The fourth-order valence-corrected chi connectivity index (χ4v) is 4.90. The van der Waals surface area contributed by atoms with E-state index >= 15 is 0 Å². The fraction of sp³-hybridized carbons (Fsp3) is 0.708. The van der Waals surface area contributed by atoms with E-state index in [0.29, 0.717) is 24.8 Å². The third-order valence-electron chi connectivity index (χ3n) is 6.75. The summed E-state index contributed by atoms with van der Waals surface area (Å²) < 4.78 is 17.8. The van der Waals surface area contributed by atoms with Crippen molar-refractivity contribution < 1.29 is 19.0 Å². The zero-order valence-corrected chi connectivity index (χ0v) is 19.2. The molecule has 7 nitrogen and oxygen atoms in total. The Morgan fingerprint density at radius 3 is 2.71 bits per heavy atom. The van der Waals surface area contributed by atoms with Crippen molar-refractivity contribution in [3.05, 3.63) is 29.3 Å². The molecule has 2 atom stereocenters. The molecule has 1 spiro atoms. The van der Waals surface area contributed by atoms with Gasteiger partial charge >= 0.3 is 0 Å². The Labute approximate surface area is 186 Å². The smallest absolute Gasteiger partial charge is 0.251 e. The molecule has 1 aromatic carbocycles. The molecule has 0 bridgehead atoms. The monoisotopic (exact) mass is 431 g/mol. The van der Waals surface area contributed by atoms with Gasteiger partial charge in [-0.1, -0.05) is 0 Å². The highest BCUT2D eigenvalue weighted by atomic mass is 16.6. The van der Waals surface area contributed by atoms with E-state index in [0.717, 1.165) is 64.4 Å². The summed E-state index contributed by atoms with van der Waals surface area (Å²) in [6.45, 7) is 13.6. The van der Waals surface area contributed by atoms with Gasteiger partial charge in [-0.25, -0.2) is 0 Å². The minimum absolute atomic E-state index is 0.0355. The van der Waals surface area contributed by atoms with Crippen LogP contribution in [0, 0.1) is 6.92 Å². The number of benzene rings is 1. The lowest BCUT2D eigenvalue weighted by Crippen LogP contribution is -2.47. The zero-order chi connectivity index (χ0) is 21.8. The van der Waals surface area contributed by atoms with Gasteiger partial charge < -0.3 is 24.4 Å². The maximum Gasteiger partial charge on any atom is 0.251 e. The van der Waals surface area contributed by atoms with E-state index in [2.05, 4.69) is 42.0 Å². The molecular weight excluding hydrogens is 394 g/mol. The Morgan fingerprint density at radius 2 is 1.97 bits per heavy atom. The van der Waals surface area contributed by atoms with Crippen LogP contribution in [0.4, 0.5) is 5.69 Å². The number of morpholine rings is 1. The molecule has 0 unspecified atom stereocenters. The summed E-state index contributed by atoms with van der Waals surface area (Å²) in [4.78, 5) is 17.5. The predicted molar refractivity (Wildman–Crippen MR) is 121 cm³/mol. The average Bonchev–Trinajstić information content (AvgIpc) is 3.04. The van der Waals surface area contributed by atoms with Crippen molar-refractivity contribution in [3.63, 3.8) is 0 Å². The molecule has 3 aliphatic heterocycles. The van der Waals surface area contributed by atoms with E-state index in [4.69, 9.17) is 14.2 Å². The molecule has 3 saturated heterocycles. The van der Waals surface area contributed by atoms with E-state index in [1.807, 2.05) is 12.1 Å². The van der Waals surface area contributed by atoms with Crippen LogP contribution in [-0.4, -0.2) is 87.7 Å². The van der Waals surface area contributed by atoms with Crippen molar-refractivity contribution in [1.29, 1.82) is 0 Å². The van der Waals surface area contributed by atoms with E-state index in [1.54, 1.807) is 0 Å². The molecule has 0 saturated carbocycles. The molecule has 0 aliphatic carbocycles. The van der Waals surface area contributed by atoms with Crippen LogP contribution in [0.5, 0.6) is 0 Å². The highest BCUT2D eigenvalue weighted by molar-refractivity contribution is 5.95. The third-order valence-corrected chi connectivity index (χ3v) is 6.75. The molecule has 1 amide bonds. The van der Waals surface area contributed by atoms with Crippen LogP contribution < -0.4 is 10.2 Å². The van der Waals surface area contributed by atoms with Crippen molar-refractivity contribution in [2.75, 3.05) is 64.1 Å². The van der Waals surface area contributed by atoms with Crippen LogP contribution in [0.25, 0.3) is 0 Å². The summed E-state index contributed by atoms with van der Waals surface area (Å²) >= 11 is 0. The van der Waals surface area contributed by atoms with Gasteiger partial charge in [-0.15, -0.1) is 0 Å². The summed E-state index contributed by atoms with van der Waals surface area (Å²) in [5.41, 5.74) is 2.76. The molecule has 0 aromatic heterocycles. The molecule has 3 fully saturated rings. The quantitative estimate of drug-likeness (QED) is 0.771. The number of anilines is 1. The van der Waals surface area contributed by atoms with Gasteiger partial charge in [0.05, 0.1) is 32.5 Å². The van der Waals surface area contributed by atoms with Gasteiger partial charge in [-0.05, 0) is 57.4 Å². The van der Waals surface area contributed by atoms with Crippen LogP contribution in [0.1, 0.15) is 42.6 Å². The minimum atomic E-state index is -0.243. The lowest BCUT2D eigenvalue weighted by molar-refractivity contribution is -0.0861. The van der Waals surface area contributed by atoms with E-state index in [-0.39, 0.29) is 17.6 Å². The first-order valence-electron chi connectivity index (χ1n) is 11.7. The van der Waals surface area contributed by atoms with E-state index < -0.39 is 0 Å². The minimum Gasteiger partial charge on any atom is -0.378 e. The second-order valence-electron chi connectivity index (χ2n) is 9.39. The molecule has 7 heteroatoms. The highest BCUT2D eigenvalue weighted by Crippen LogP contribution is 2.33. The second-order valence-corrected chi connectivity index (χ2v) is 9.39. The fourth-order valence-electron chi connectivity index (χ4n) is 4.90. The normalized spacial score (nSPS) is 27.6. The Balaban J connectivity index is 1.31. The zero-order valence-electron chi connectivity index (χ0n) is 19.2. The van der Waals surface area contributed by atoms with Crippen LogP contribution in [0.2, 0.25) is 0 Å². The van der Waals surface area contributed by atoms with Crippen molar-refractivity contribution in [1.82, 2.24) is 10.2 Å². The molecule has 4 rings (SSSR count). The predicted octanol–water partition coefficient (Wildman–Crippen LogP) is 2.22. The summed E-state index contributed by atoms with van der Waals surface area (Å²) in [6.07, 6.45) is 1.96. The number of hydrogen-bond acceptors (Lipinski definition) is 6. The topological polar surface area (TPSA) is 63.3 Å². The lowest BCUT2D eigenvalue weighted by Gasteiger charge is -2.34. The van der Waals surface area contributed by atoms with Crippen molar-refractivity contribution >= 4 is 11.6 Å². The largest absolute Gasteiger partial charge is 0.378 e. The van der Waals surface area contributed by atoms with Crippen LogP contribution in [0.15, 0.2) is 18.2 Å². The van der Waals surface area contributed by atoms with Gasteiger partial charge in [-0.2, -0.15) is 0 Å². The Hall–Kier alpha value is -1.67. The lowest BCUT2D eigenvalue weighted by atomic mass is 9.99. The van der Waals surface area contributed by atoms with Gasteiger partial charge in [0.1, 0.15) is 5.60 Å². The Bertz CT molecular complexity index is 765. The van der Waals surface area contributed by atoms with Gasteiger partial charge in [0, 0.05) is 50.0 Å². The molecule has 1 aromatic rings. The molecule has 3 aliphatic rings. The van der Waals surface area contributed by atoms with Crippen LogP contribution in [0.3, 0.4) is 0 Å². The van der Waals surface area contributed by atoms with Crippen molar-refractivity contribution in [2.24, 2.45) is 0 Å². The molecular formula is C24H37N3O4. The van der Waals surface area contributed by atoms with Gasteiger partial charge in [0.25, 0.3) is 5.91 Å². The number of carbonyl (C=O) groups is 1. The summed E-state index contributed by atoms with van der Waals surface area (Å²) in [7, 11) is 0. The second kappa shape index (κ2) is 9.86. The van der Waals surface area contributed by atoms with Crippen molar-refractivity contribution in [3.8, 4) is 0 Å². The van der Waals surface area contributed by atoms with Gasteiger partial charge in [0.2, 0.25) is 0 Å². The Kier molecular flexibility index (Phi) is 7.16. The number of nitrogens with zero attached hydrogens (tertiary/aromatic N) is 2. The Morgan fingerprint density at radius 1 is 1.19 bits per heavy atom. The molecule has 1 N–H and O–H groups in total. The number of amides is 1. The van der Waals surface area contributed by atoms with Crippen LogP contribution >= 0.6 is 0 Å². The SMILES string of the molecule is Cc1cc(C(=O)NC[C@@H]2CC[C@]3(COCCN(C(C)C)C3)O2)ccc1N1CCOCC1. The summed E-state index contributed by atoms with van der Waals surface area (Å²) in [5.74, 6) is -0.0397. The molecule has 3 heterocycles. The van der Waals surface area contributed by atoms with E-state index in [9.17, 15) is 4.79 Å². The number of rotatable bonds is 5. The number of carbonyl (C=O) groups excluding carboxylic acids is 1. The summed E-state index contributed by atoms with van der Waals surface area (Å²) in [6, 6.07) is 6.44. The number of nitrogens with one attached hydrogen (secondary N) is 1. The molecule has 172 valence electrons. The number of ether oxygens (including phenoxy) is 3. The average molecular weight is 432 g/mol. The molecule has 0 radical (unpaired) electrons.